The van der Waals surface area contributed by atoms with E-state index in [1.54, 1.807) is 0 Å². The van der Waals surface area contributed by atoms with Crippen LogP contribution < -0.4 is 0 Å². The Morgan fingerprint density at radius 3 is 1.23 bits per heavy atom. The maximum absolute atomic E-state index is 12.8. The maximum atomic E-state index is 12.8. The lowest BCUT2D eigenvalue weighted by Gasteiger charge is -2.24. The summed E-state index contributed by atoms with van der Waals surface area (Å²) in [5, 5.41) is 0. The predicted molar refractivity (Wildman–Crippen MR) is 293 cm³/mol. The molecular weight excluding hydrogens is 882 g/mol. The fraction of sp³-hybridized carbons (Fsp3) is 0.763. The van der Waals surface area contributed by atoms with Crippen molar-refractivity contribution in [3.8, 4) is 0 Å². The van der Waals surface area contributed by atoms with Gasteiger partial charge in [-0.15, -0.1) is 0 Å². The molecule has 0 aromatic carbocycles. The number of unbranched alkanes of at least 4 members (excludes halogenated alkanes) is 25. The van der Waals surface area contributed by atoms with Crippen molar-refractivity contribution < 1.29 is 42.1 Å². The summed E-state index contributed by atoms with van der Waals surface area (Å²) < 4.78 is 34.5. The van der Waals surface area contributed by atoms with Crippen molar-refractivity contribution in [1.29, 1.82) is 0 Å². The third-order valence-electron chi connectivity index (χ3n) is 12.0. The molecule has 0 saturated heterocycles. The third kappa shape index (κ3) is 54.6. The Labute approximate surface area is 425 Å². The van der Waals surface area contributed by atoms with Crippen LogP contribution in [0.2, 0.25) is 0 Å². The van der Waals surface area contributed by atoms with Crippen molar-refractivity contribution in [2.75, 3.05) is 47.5 Å². The molecule has 0 rings (SSSR count). The van der Waals surface area contributed by atoms with Crippen molar-refractivity contribution in [3.05, 3.63) is 72.9 Å². The van der Waals surface area contributed by atoms with Gasteiger partial charge in [-0.25, -0.2) is 4.57 Å². The van der Waals surface area contributed by atoms with Crippen LogP contribution in [-0.2, 0) is 32.7 Å². The van der Waals surface area contributed by atoms with Gasteiger partial charge in [-0.05, 0) is 64.2 Å². The second kappa shape index (κ2) is 50.4. The molecule has 0 amide bonds. The van der Waals surface area contributed by atoms with Crippen molar-refractivity contribution in [1.82, 2.24) is 0 Å². The van der Waals surface area contributed by atoms with Crippen molar-refractivity contribution in [2.24, 2.45) is 0 Å². The van der Waals surface area contributed by atoms with Gasteiger partial charge in [0.1, 0.15) is 19.8 Å². The number of ether oxygens (including phenoxy) is 2. The molecule has 10 heteroatoms. The van der Waals surface area contributed by atoms with Gasteiger partial charge in [0.25, 0.3) is 0 Å². The monoisotopic (exact) mass is 989 g/mol. The molecule has 9 nitrogen and oxygen atoms in total. The SMILES string of the molecule is CC/C=C\C/C=C\C/C=C\C/C=C\C/C=C\C/C=C\CCCCCCCCCCCCCCC(=O)OC(COC(=O)CCCCCCCCCCCCCCCC)COP(=O)(O)OCC[N+](C)(C)C. The highest BCUT2D eigenvalue weighted by atomic mass is 31.2. The van der Waals surface area contributed by atoms with E-state index in [2.05, 4.69) is 86.8 Å². The smallest absolute Gasteiger partial charge is 0.462 e. The van der Waals surface area contributed by atoms with Gasteiger partial charge >= 0.3 is 19.8 Å². The average Bonchev–Trinajstić information content (AvgIpc) is 3.31. The minimum Gasteiger partial charge on any atom is -0.462 e. The molecule has 0 aromatic heterocycles. The molecule has 2 atom stereocenters. The second-order valence-electron chi connectivity index (χ2n) is 19.9. The number of carbonyl (C=O) groups is 2. The summed E-state index contributed by atoms with van der Waals surface area (Å²) in [4.78, 5) is 35.6. The van der Waals surface area contributed by atoms with Gasteiger partial charge in [-0.1, -0.05) is 234 Å². The fourth-order valence-electron chi connectivity index (χ4n) is 7.67. The van der Waals surface area contributed by atoms with Crippen LogP contribution in [-0.4, -0.2) is 74.9 Å². The van der Waals surface area contributed by atoms with Crippen LogP contribution in [0.25, 0.3) is 0 Å². The predicted octanol–water partition coefficient (Wildman–Crippen LogP) is 17.3. The van der Waals surface area contributed by atoms with Crippen LogP contribution in [0, 0.1) is 0 Å². The first-order valence-electron chi connectivity index (χ1n) is 28.2. The number of phosphoric ester groups is 1. The number of allylic oxidation sites excluding steroid dienone is 12. The van der Waals surface area contributed by atoms with Crippen LogP contribution in [0.15, 0.2) is 72.9 Å². The molecular formula is C59H107NO8P+. The molecule has 0 radical (unpaired) electrons. The Balaban J connectivity index is 4.12. The van der Waals surface area contributed by atoms with Crippen LogP contribution in [0.3, 0.4) is 0 Å². The summed E-state index contributed by atoms with van der Waals surface area (Å²) in [5.74, 6) is -0.795. The molecule has 0 aliphatic rings. The zero-order chi connectivity index (χ0) is 50.6. The van der Waals surface area contributed by atoms with E-state index in [0.717, 1.165) is 77.0 Å². The molecule has 1 N–H and O–H groups in total. The van der Waals surface area contributed by atoms with E-state index in [9.17, 15) is 19.0 Å². The Bertz CT molecular complexity index is 1400. The van der Waals surface area contributed by atoms with E-state index >= 15 is 0 Å². The Hall–Kier alpha value is -2.55. The van der Waals surface area contributed by atoms with Gasteiger partial charge in [0, 0.05) is 12.8 Å². The molecule has 2 unspecified atom stereocenters. The molecule has 400 valence electrons. The van der Waals surface area contributed by atoms with E-state index in [0.29, 0.717) is 23.9 Å². The van der Waals surface area contributed by atoms with Gasteiger partial charge in [-0.2, -0.15) is 0 Å². The zero-order valence-electron chi connectivity index (χ0n) is 45.3. The fourth-order valence-corrected chi connectivity index (χ4v) is 8.41. The van der Waals surface area contributed by atoms with Gasteiger partial charge < -0.3 is 18.9 Å². The third-order valence-corrected chi connectivity index (χ3v) is 13.0. The molecule has 0 aliphatic heterocycles. The van der Waals surface area contributed by atoms with E-state index in [4.69, 9.17) is 18.5 Å². The highest BCUT2D eigenvalue weighted by Crippen LogP contribution is 2.43. The number of esters is 2. The zero-order valence-corrected chi connectivity index (χ0v) is 46.2. The number of hydrogen-bond donors (Lipinski definition) is 1. The molecule has 0 heterocycles. The Kier molecular flexibility index (Phi) is 48.5. The number of carbonyl (C=O) groups excluding carboxylic acids is 2. The average molecular weight is 989 g/mol. The van der Waals surface area contributed by atoms with Crippen molar-refractivity contribution >= 4 is 19.8 Å². The normalized spacial score (nSPS) is 13.9. The highest BCUT2D eigenvalue weighted by molar-refractivity contribution is 7.47. The van der Waals surface area contributed by atoms with Crippen LogP contribution >= 0.6 is 7.82 Å². The first kappa shape index (κ1) is 66.5. The summed E-state index contributed by atoms with van der Waals surface area (Å²) >= 11 is 0. The molecule has 0 bridgehead atoms. The van der Waals surface area contributed by atoms with Gasteiger partial charge in [0.2, 0.25) is 0 Å². The summed E-state index contributed by atoms with van der Waals surface area (Å²) in [5.41, 5.74) is 0. The first-order valence-corrected chi connectivity index (χ1v) is 29.7. The summed E-state index contributed by atoms with van der Waals surface area (Å²) in [6.07, 6.45) is 65.4. The number of rotatable bonds is 51. The van der Waals surface area contributed by atoms with E-state index in [1.807, 2.05) is 21.1 Å². The summed E-state index contributed by atoms with van der Waals surface area (Å²) in [7, 11) is 1.48. The number of phosphoric acid groups is 1. The van der Waals surface area contributed by atoms with E-state index in [-0.39, 0.29) is 25.6 Å². The van der Waals surface area contributed by atoms with Gasteiger partial charge in [0.05, 0.1) is 27.7 Å². The quantitative estimate of drug-likeness (QED) is 0.0211. The topological polar surface area (TPSA) is 108 Å². The molecule has 0 aromatic rings. The van der Waals surface area contributed by atoms with Crippen LogP contribution in [0.4, 0.5) is 0 Å². The van der Waals surface area contributed by atoms with Crippen molar-refractivity contribution in [3.63, 3.8) is 0 Å². The number of quaternary nitrogens is 1. The molecule has 0 spiro atoms. The largest absolute Gasteiger partial charge is 0.472 e. The number of nitrogens with zero attached hydrogens (tertiary/aromatic N) is 1. The van der Waals surface area contributed by atoms with Crippen LogP contribution in [0.5, 0.6) is 0 Å². The number of likely N-dealkylation sites (N-methyl/N-ethyl adjacent to an activating group) is 1. The van der Waals surface area contributed by atoms with Crippen molar-refractivity contribution in [2.45, 2.75) is 245 Å². The lowest BCUT2D eigenvalue weighted by Crippen LogP contribution is -2.37. The minimum atomic E-state index is -4.38. The molecule has 0 fully saturated rings. The first-order chi connectivity index (χ1) is 33.5. The Morgan fingerprint density at radius 1 is 0.464 bits per heavy atom. The molecule has 0 aliphatic carbocycles. The van der Waals surface area contributed by atoms with Crippen LogP contribution in [0.1, 0.15) is 239 Å². The lowest BCUT2D eigenvalue weighted by molar-refractivity contribution is -0.870. The standard InChI is InChI=1S/C59H106NO8P/c1-6-8-10-12-14-16-18-20-22-23-24-25-26-27-28-29-30-31-32-33-34-35-36-37-38-40-42-44-46-48-50-52-59(62)68-57(56-67-69(63,64)66-54-53-60(3,4)5)55-65-58(61)51-49-47-45-43-41-39-21-19-17-15-13-11-9-7-2/h8,10,14,16,20,22,24-25,27-28,30-31,57H,6-7,9,11-13,15,17-19,21,23,26,29,32-56H2,1-5H3/p+1/b10-8-,16-14-,22-20-,25-24-,28-27-,31-30-. The second-order valence-corrected chi connectivity index (χ2v) is 21.4. The molecule has 0 saturated carbocycles. The minimum absolute atomic E-state index is 0.0305. The van der Waals surface area contributed by atoms with E-state index < -0.39 is 26.5 Å². The maximum Gasteiger partial charge on any atom is 0.472 e. The number of hydrogen-bond acceptors (Lipinski definition) is 7. The highest BCUT2D eigenvalue weighted by Gasteiger charge is 2.27. The molecule has 69 heavy (non-hydrogen) atoms. The van der Waals surface area contributed by atoms with E-state index in [1.165, 1.54) is 128 Å². The lowest BCUT2D eigenvalue weighted by atomic mass is 10.0. The summed E-state index contributed by atoms with van der Waals surface area (Å²) in [6.45, 7) is 4.33. The van der Waals surface area contributed by atoms with Gasteiger partial charge in [0.15, 0.2) is 6.10 Å². The Morgan fingerprint density at radius 2 is 0.826 bits per heavy atom. The van der Waals surface area contributed by atoms with Gasteiger partial charge in [-0.3, -0.25) is 18.6 Å². The summed E-state index contributed by atoms with van der Waals surface area (Å²) in [6, 6.07) is 0.